The third kappa shape index (κ3) is 2.10. The second-order valence-corrected chi connectivity index (χ2v) is 3.14. The molecule has 2 aromatic heterocycles. The number of halogens is 2. The first-order valence-corrected chi connectivity index (χ1v) is 4.58. The van der Waals surface area contributed by atoms with Gasteiger partial charge in [0, 0.05) is 12.4 Å². The second-order valence-electron chi connectivity index (χ2n) is 3.14. The van der Waals surface area contributed by atoms with E-state index in [1.54, 1.807) is 0 Å². The maximum atomic E-state index is 12.6. The average Bonchev–Trinajstić information content (AvgIpc) is 2.75. The van der Waals surface area contributed by atoms with Crippen molar-refractivity contribution in [1.82, 2.24) is 19.7 Å². The molecule has 6 nitrogen and oxygen atoms in total. The Morgan fingerprint density at radius 2 is 2.12 bits per heavy atom. The van der Waals surface area contributed by atoms with Crippen molar-refractivity contribution < 1.29 is 8.78 Å². The number of amidine groups is 1. The number of hydrogen-bond donors (Lipinski definition) is 2. The zero-order valence-electron chi connectivity index (χ0n) is 8.51. The summed E-state index contributed by atoms with van der Waals surface area (Å²) in [6, 6.07) is 1.28. The van der Waals surface area contributed by atoms with Gasteiger partial charge in [-0.15, -0.1) is 0 Å². The molecule has 0 aromatic carbocycles. The molecular weight excluding hydrogens is 230 g/mol. The van der Waals surface area contributed by atoms with Gasteiger partial charge in [0.2, 0.25) is 0 Å². The van der Waals surface area contributed by atoms with Crippen LogP contribution in [0.3, 0.4) is 0 Å². The molecule has 0 saturated heterocycles. The van der Waals surface area contributed by atoms with Gasteiger partial charge in [-0.25, -0.2) is 0 Å². The first kappa shape index (κ1) is 11.1. The standard InChI is InChI=1S/C9H8F2N6/c10-9(11)17-7(8(12)13)3-5(16-17)6-4-14-1-2-15-6/h1-4,9H,(H3,12,13). The molecule has 2 aromatic rings. The van der Waals surface area contributed by atoms with Gasteiger partial charge in [0.05, 0.1) is 6.20 Å². The molecule has 0 aliphatic carbocycles. The van der Waals surface area contributed by atoms with E-state index < -0.39 is 12.4 Å². The lowest BCUT2D eigenvalue weighted by molar-refractivity contribution is 0.0562. The Morgan fingerprint density at radius 1 is 1.35 bits per heavy atom. The number of rotatable bonds is 3. The SMILES string of the molecule is N=C(N)c1cc(-c2cnccn2)nn1C(F)F. The normalized spacial score (nSPS) is 10.8. The molecule has 2 heterocycles. The lowest BCUT2D eigenvalue weighted by atomic mass is 10.3. The van der Waals surface area contributed by atoms with E-state index in [2.05, 4.69) is 15.1 Å². The summed E-state index contributed by atoms with van der Waals surface area (Å²) in [5.74, 6) is -0.479. The van der Waals surface area contributed by atoms with Gasteiger partial charge in [-0.05, 0) is 6.07 Å². The molecule has 0 spiro atoms. The minimum atomic E-state index is -2.86. The molecule has 8 heteroatoms. The number of nitrogens with zero attached hydrogens (tertiary/aromatic N) is 4. The quantitative estimate of drug-likeness (QED) is 0.616. The fourth-order valence-corrected chi connectivity index (χ4v) is 1.30. The monoisotopic (exact) mass is 238 g/mol. The molecule has 0 radical (unpaired) electrons. The summed E-state index contributed by atoms with van der Waals surface area (Å²) in [5, 5.41) is 10.8. The highest BCUT2D eigenvalue weighted by atomic mass is 19.3. The highest BCUT2D eigenvalue weighted by Gasteiger charge is 2.18. The van der Waals surface area contributed by atoms with Crippen LogP contribution in [0.15, 0.2) is 24.7 Å². The number of nitrogens with one attached hydrogen (secondary N) is 1. The summed E-state index contributed by atoms with van der Waals surface area (Å²) in [7, 11) is 0. The third-order valence-electron chi connectivity index (χ3n) is 2.02. The van der Waals surface area contributed by atoms with Crippen LogP contribution >= 0.6 is 0 Å². The maximum Gasteiger partial charge on any atom is 0.333 e. The van der Waals surface area contributed by atoms with Gasteiger partial charge in [0.15, 0.2) is 0 Å². The first-order chi connectivity index (χ1) is 8.09. The van der Waals surface area contributed by atoms with E-state index in [0.717, 1.165) is 0 Å². The fourth-order valence-electron chi connectivity index (χ4n) is 1.30. The molecule has 3 N–H and O–H groups in total. The van der Waals surface area contributed by atoms with Crippen molar-refractivity contribution in [2.75, 3.05) is 0 Å². The lowest BCUT2D eigenvalue weighted by Gasteiger charge is -2.02. The molecule has 2 rings (SSSR count). The molecule has 88 valence electrons. The summed E-state index contributed by atoms with van der Waals surface area (Å²) < 4.78 is 25.6. The maximum absolute atomic E-state index is 12.6. The van der Waals surface area contributed by atoms with Crippen molar-refractivity contribution >= 4 is 5.84 Å². The largest absolute Gasteiger partial charge is 0.382 e. The molecule has 0 amide bonds. The Balaban J connectivity index is 2.51. The lowest BCUT2D eigenvalue weighted by Crippen LogP contribution is -2.18. The Morgan fingerprint density at radius 3 is 2.59 bits per heavy atom. The van der Waals surface area contributed by atoms with Crippen LogP contribution in [0.2, 0.25) is 0 Å². The Bertz CT molecular complexity index is 536. The fraction of sp³-hybridized carbons (Fsp3) is 0.111. The van der Waals surface area contributed by atoms with E-state index >= 15 is 0 Å². The van der Waals surface area contributed by atoms with Crippen molar-refractivity contribution in [2.24, 2.45) is 5.73 Å². The van der Waals surface area contributed by atoms with Crippen LogP contribution in [0.5, 0.6) is 0 Å². The third-order valence-corrected chi connectivity index (χ3v) is 2.02. The molecule has 0 unspecified atom stereocenters. The molecule has 0 bridgehead atoms. The zero-order valence-corrected chi connectivity index (χ0v) is 8.51. The predicted octanol–water partition coefficient (Wildman–Crippen LogP) is 1.02. The highest BCUT2D eigenvalue weighted by Crippen LogP contribution is 2.20. The van der Waals surface area contributed by atoms with Gasteiger partial charge in [0.1, 0.15) is 22.9 Å². The van der Waals surface area contributed by atoms with Gasteiger partial charge in [0.25, 0.3) is 0 Å². The zero-order chi connectivity index (χ0) is 12.4. The predicted molar refractivity (Wildman–Crippen MR) is 55.5 cm³/mol. The van der Waals surface area contributed by atoms with Gasteiger partial charge in [-0.1, -0.05) is 0 Å². The van der Waals surface area contributed by atoms with Crippen LogP contribution in [0.25, 0.3) is 11.4 Å². The highest BCUT2D eigenvalue weighted by molar-refractivity contribution is 5.94. The van der Waals surface area contributed by atoms with E-state index in [4.69, 9.17) is 11.1 Å². The molecular formula is C9H8F2N6. The van der Waals surface area contributed by atoms with Crippen molar-refractivity contribution in [3.63, 3.8) is 0 Å². The summed E-state index contributed by atoms with van der Waals surface area (Å²) >= 11 is 0. The minimum absolute atomic E-state index is 0.152. The molecule has 0 aliphatic rings. The number of alkyl halides is 2. The van der Waals surface area contributed by atoms with Crippen molar-refractivity contribution in [3.05, 3.63) is 30.4 Å². The van der Waals surface area contributed by atoms with Gasteiger partial charge >= 0.3 is 6.55 Å². The Hall–Kier alpha value is -2.38. The number of nitrogen functional groups attached to an aromatic ring is 1. The number of aromatic nitrogens is 4. The van der Waals surface area contributed by atoms with Crippen LogP contribution in [0, 0.1) is 5.41 Å². The molecule has 0 aliphatic heterocycles. The Labute approximate surface area is 94.6 Å². The molecule has 0 atom stereocenters. The topological polar surface area (TPSA) is 93.5 Å². The van der Waals surface area contributed by atoms with Gasteiger partial charge < -0.3 is 5.73 Å². The van der Waals surface area contributed by atoms with Crippen molar-refractivity contribution in [2.45, 2.75) is 6.55 Å². The average molecular weight is 238 g/mol. The summed E-state index contributed by atoms with van der Waals surface area (Å²) in [6.07, 6.45) is 4.27. The van der Waals surface area contributed by atoms with Crippen LogP contribution in [0.1, 0.15) is 12.2 Å². The number of nitrogens with two attached hydrogens (primary N) is 1. The van der Waals surface area contributed by atoms with E-state index in [0.29, 0.717) is 10.4 Å². The Kier molecular flexibility index (Phi) is 2.77. The van der Waals surface area contributed by atoms with Gasteiger partial charge in [-0.2, -0.15) is 18.6 Å². The van der Waals surface area contributed by atoms with E-state index in [1.807, 2.05) is 0 Å². The summed E-state index contributed by atoms with van der Waals surface area (Å²) in [5.41, 5.74) is 5.58. The van der Waals surface area contributed by atoms with Crippen LogP contribution in [-0.2, 0) is 0 Å². The first-order valence-electron chi connectivity index (χ1n) is 4.58. The summed E-state index contributed by atoms with van der Waals surface area (Å²) in [6.45, 7) is -2.86. The van der Waals surface area contributed by atoms with Crippen LogP contribution < -0.4 is 5.73 Å². The van der Waals surface area contributed by atoms with Gasteiger partial charge in [-0.3, -0.25) is 15.4 Å². The van der Waals surface area contributed by atoms with Crippen LogP contribution in [0.4, 0.5) is 8.78 Å². The van der Waals surface area contributed by atoms with E-state index in [-0.39, 0.29) is 11.4 Å². The van der Waals surface area contributed by atoms with Crippen molar-refractivity contribution in [1.29, 1.82) is 5.41 Å². The van der Waals surface area contributed by atoms with Crippen molar-refractivity contribution in [3.8, 4) is 11.4 Å². The molecule has 17 heavy (non-hydrogen) atoms. The summed E-state index contributed by atoms with van der Waals surface area (Å²) in [4.78, 5) is 7.73. The second kappa shape index (κ2) is 4.24. The minimum Gasteiger partial charge on any atom is -0.382 e. The molecule has 0 saturated carbocycles. The molecule has 0 fully saturated rings. The number of hydrogen-bond acceptors (Lipinski definition) is 4. The smallest absolute Gasteiger partial charge is 0.333 e. The van der Waals surface area contributed by atoms with E-state index in [9.17, 15) is 8.78 Å². The van der Waals surface area contributed by atoms with E-state index in [1.165, 1.54) is 24.7 Å². The van der Waals surface area contributed by atoms with Crippen LogP contribution in [-0.4, -0.2) is 25.6 Å².